The van der Waals surface area contributed by atoms with Crippen molar-refractivity contribution in [3.63, 3.8) is 0 Å². The molecule has 0 radical (unpaired) electrons. The van der Waals surface area contributed by atoms with Gasteiger partial charge in [0, 0.05) is 42.0 Å². The molecular weight excluding hydrogens is 654 g/mol. The SMILES string of the molecule is COC(=O)[C@H](Cc1ccc(-c2ncccc2C(F)(F)F)c2nccn12)NC(=O)c1c(F)cc(N[C@H](c2ccccc2)C(F)(F)F)cc1F. The fourth-order valence-electron chi connectivity index (χ4n) is 5.08. The number of nitrogens with one attached hydrogen (secondary N) is 2. The highest BCUT2D eigenvalue weighted by Gasteiger charge is 2.41. The first-order chi connectivity index (χ1) is 22.7. The summed E-state index contributed by atoms with van der Waals surface area (Å²) in [6, 6.07) is 8.31. The van der Waals surface area contributed by atoms with Gasteiger partial charge in [-0.2, -0.15) is 26.3 Å². The highest BCUT2D eigenvalue weighted by Crippen LogP contribution is 2.38. The van der Waals surface area contributed by atoms with Crippen LogP contribution in [0.2, 0.25) is 0 Å². The minimum absolute atomic E-state index is 0.00759. The standard InChI is InChI=1S/C32H23F8N5O3/c1-48-30(47)24(16-19-9-10-20(28-42-12-13-45(19)28)26-21(31(35,36)37)8-5-11-41-26)44-29(46)25-22(33)14-18(15-23(25)34)43-27(32(38,39)40)17-6-3-2-4-7-17/h2-15,24,27,43H,16H2,1H3,(H,44,46)/t24-,27+/m0/s1. The van der Waals surface area contributed by atoms with Crippen molar-refractivity contribution in [2.75, 3.05) is 12.4 Å². The Balaban J connectivity index is 1.42. The maximum atomic E-state index is 15.1. The number of anilines is 1. The van der Waals surface area contributed by atoms with Crippen molar-refractivity contribution in [1.82, 2.24) is 19.7 Å². The van der Waals surface area contributed by atoms with Gasteiger partial charge >= 0.3 is 18.3 Å². The molecule has 250 valence electrons. The number of carbonyl (C=O) groups excluding carboxylic acids is 2. The van der Waals surface area contributed by atoms with E-state index in [0.29, 0.717) is 12.1 Å². The van der Waals surface area contributed by atoms with Crippen LogP contribution in [-0.2, 0) is 22.1 Å². The Labute approximate surface area is 266 Å². The second-order valence-corrected chi connectivity index (χ2v) is 10.4. The van der Waals surface area contributed by atoms with Crippen molar-refractivity contribution in [3.8, 4) is 11.3 Å². The number of benzene rings is 2. The zero-order valence-corrected chi connectivity index (χ0v) is 24.5. The Bertz CT molecular complexity index is 1940. The van der Waals surface area contributed by atoms with Gasteiger partial charge in [-0.15, -0.1) is 0 Å². The smallest absolute Gasteiger partial charge is 0.418 e. The monoisotopic (exact) mass is 677 g/mol. The highest BCUT2D eigenvalue weighted by atomic mass is 19.4. The fraction of sp³-hybridized carbons (Fsp3) is 0.188. The zero-order chi connectivity index (χ0) is 34.8. The lowest BCUT2D eigenvalue weighted by molar-refractivity contribution is -0.144. The Hall–Kier alpha value is -5.54. The predicted octanol–water partition coefficient (Wildman–Crippen LogP) is 6.92. The molecule has 0 saturated carbocycles. The third-order valence-electron chi connectivity index (χ3n) is 7.25. The van der Waals surface area contributed by atoms with Gasteiger partial charge in [0.25, 0.3) is 5.91 Å². The van der Waals surface area contributed by atoms with E-state index in [2.05, 4.69) is 15.3 Å². The molecule has 2 atom stereocenters. The fourth-order valence-corrected chi connectivity index (χ4v) is 5.08. The third-order valence-corrected chi connectivity index (χ3v) is 7.25. The molecule has 2 aromatic carbocycles. The molecule has 16 heteroatoms. The van der Waals surface area contributed by atoms with Crippen LogP contribution in [0, 0.1) is 11.6 Å². The van der Waals surface area contributed by atoms with Crippen molar-refractivity contribution < 1.29 is 49.4 Å². The van der Waals surface area contributed by atoms with E-state index in [1.807, 2.05) is 5.32 Å². The van der Waals surface area contributed by atoms with Crippen LogP contribution >= 0.6 is 0 Å². The van der Waals surface area contributed by atoms with Crippen molar-refractivity contribution in [2.45, 2.75) is 30.9 Å². The van der Waals surface area contributed by atoms with Gasteiger partial charge in [-0.05, 0) is 42.0 Å². The van der Waals surface area contributed by atoms with Crippen molar-refractivity contribution in [3.05, 3.63) is 119 Å². The van der Waals surface area contributed by atoms with Crippen molar-refractivity contribution >= 4 is 23.2 Å². The second kappa shape index (κ2) is 13.3. The number of aromatic nitrogens is 3. The second-order valence-electron chi connectivity index (χ2n) is 10.4. The highest BCUT2D eigenvalue weighted by molar-refractivity contribution is 5.97. The molecule has 0 unspecified atom stereocenters. The molecule has 0 aliphatic rings. The number of esters is 1. The Morgan fingerprint density at radius 1 is 0.896 bits per heavy atom. The predicted molar refractivity (Wildman–Crippen MR) is 156 cm³/mol. The van der Waals surface area contributed by atoms with E-state index in [4.69, 9.17) is 4.74 Å². The van der Waals surface area contributed by atoms with Crippen molar-refractivity contribution in [2.24, 2.45) is 0 Å². The summed E-state index contributed by atoms with van der Waals surface area (Å²) in [6.07, 6.45) is -6.12. The molecule has 0 aliphatic heterocycles. The first-order valence-electron chi connectivity index (χ1n) is 13.9. The molecule has 0 spiro atoms. The molecule has 2 N–H and O–H groups in total. The summed E-state index contributed by atoms with van der Waals surface area (Å²) in [6.45, 7) is 0. The van der Waals surface area contributed by atoms with Gasteiger partial charge in [0.05, 0.1) is 18.4 Å². The molecule has 3 heterocycles. The minimum Gasteiger partial charge on any atom is -0.467 e. The van der Waals surface area contributed by atoms with E-state index in [0.717, 1.165) is 19.2 Å². The number of carbonyl (C=O) groups is 2. The van der Waals surface area contributed by atoms with Crippen LogP contribution in [-0.4, -0.2) is 45.6 Å². The molecule has 5 rings (SSSR count). The van der Waals surface area contributed by atoms with Crippen LogP contribution in [0.15, 0.2) is 85.3 Å². The summed E-state index contributed by atoms with van der Waals surface area (Å²) < 4.78 is 119. The number of imidazole rings is 1. The quantitative estimate of drug-likeness (QED) is 0.130. The topological polar surface area (TPSA) is 97.6 Å². The van der Waals surface area contributed by atoms with Crippen LogP contribution in [0.3, 0.4) is 0 Å². The van der Waals surface area contributed by atoms with Gasteiger partial charge in [-0.25, -0.2) is 18.6 Å². The van der Waals surface area contributed by atoms with Crippen LogP contribution in [0.1, 0.15) is 33.2 Å². The largest absolute Gasteiger partial charge is 0.467 e. The van der Waals surface area contributed by atoms with Gasteiger partial charge in [0.2, 0.25) is 0 Å². The summed E-state index contributed by atoms with van der Waals surface area (Å²) in [4.78, 5) is 33.7. The Morgan fingerprint density at radius 2 is 1.58 bits per heavy atom. The summed E-state index contributed by atoms with van der Waals surface area (Å²) in [7, 11) is 0.989. The summed E-state index contributed by atoms with van der Waals surface area (Å²) in [5, 5.41) is 4.21. The van der Waals surface area contributed by atoms with Gasteiger partial charge in [0.1, 0.15) is 34.9 Å². The number of methoxy groups -OCH3 is 1. The molecule has 0 aliphatic carbocycles. The zero-order valence-electron chi connectivity index (χ0n) is 24.5. The number of rotatable bonds is 9. The molecule has 5 aromatic rings. The first-order valence-corrected chi connectivity index (χ1v) is 13.9. The van der Waals surface area contributed by atoms with Gasteiger partial charge in [-0.3, -0.25) is 9.78 Å². The Kier molecular flexibility index (Phi) is 9.36. The molecule has 1 amide bonds. The van der Waals surface area contributed by atoms with Crippen LogP contribution < -0.4 is 10.6 Å². The lowest BCUT2D eigenvalue weighted by Crippen LogP contribution is -2.44. The average molecular weight is 678 g/mol. The van der Waals surface area contributed by atoms with Crippen molar-refractivity contribution in [1.29, 1.82) is 0 Å². The van der Waals surface area contributed by atoms with E-state index in [-0.39, 0.29) is 28.9 Å². The maximum absolute atomic E-state index is 15.1. The number of nitrogens with zero attached hydrogens (tertiary/aromatic N) is 3. The molecule has 3 aromatic heterocycles. The van der Waals surface area contributed by atoms with E-state index < -0.39 is 70.5 Å². The average Bonchev–Trinajstić information content (AvgIpc) is 3.53. The number of alkyl halides is 6. The third kappa shape index (κ3) is 7.06. The molecule has 0 fully saturated rings. The van der Waals surface area contributed by atoms with E-state index >= 15 is 8.78 Å². The number of pyridine rings is 2. The number of hydrogen-bond acceptors (Lipinski definition) is 6. The van der Waals surface area contributed by atoms with E-state index in [1.165, 1.54) is 65.5 Å². The summed E-state index contributed by atoms with van der Waals surface area (Å²) >= 11 is 0. The number of amides is 1. The van der Waals surface area contributed by atoms with Crippen LogP contribution in [0.5, 0.6) is 0 Å². The van der Waals surface area contributed by atoms with Crippen LogP contribution in [0.25, 0.3) is 16.9 Å². The van der Waals surface area contributed by atoms with E-state index in [1.54, 1.807) is 0 Å². The van der Waals surface area contributed by atoms with Gasteiger partial charge in [0.15, 0.2) is 0 Å². The lowest BCUT2D eigenvalue weighted by atomic mass is 10.0. The summed E-state index contributed by atoms with van der Waals surface area (Å²) in [5.74, 6) is -5.52. The minimum atomic E-state index is -4.85. The molecule has 0 saturated heterocycles. The first kappa shape index (κ1) is 33.8. The Morgan fingerprint density at radius 3 is 2.21 bits per heavy atom. The van der Waals surface area contributed by atoms with Gasteiger partial charge in [-0.1, -0.05) is 30.3 Å². The molecule has 48 heavy (non-hydrogen) atoms. The number of hydrogen-bond donors (Lipinski definition) is 2. The lowest BCUT2D eigenvalue weighted by Gasteiger charge is -2.23. The normalized spacial score (nSPS) is 13.2. The summed E-state index contributed by atoms with van der Waals surface area (Å²) in [5.41, 5.74) is -3.17. The molecular formula is C32H23F8N5O3. The molecule has 0 bridgehead atoms. The molecule has 8 nitrogen and oxygen atoms in total. The van der Waals surface area contributed by atoms with Gasteiger partial charge < -0.3 is 19.8 Å². The number of ether oxygens (including phenoxy) is 1. The van der Waals surface area contributed by atoms with Crippen LogP contribution in [0.4, 0.5) is 40.8 Å². The number of halogens is 8. The van der Waals surface area contributed by atoms with E-state index in [9.17, 15) is 35.9 Å². The maximum Gasteiger partial charge on any atom is 0.418 e. The number of fused-ring (bicyclic) bond motifs is 1.